The lowest BCUT2D eigenvalue weighted by molar-refractivity contribution is 0.628. The van der Waals surface area contributed by atoms with Crippen molar-refractivity contribution in [3.8, 4) is 11.1 Å². The number of aromatic nitrogens is 3. The zero-order valence-corrected chi connectivity index (χ0v) is 14.6. The van der Waals surface area contributed by atoms with E-state index in [0.717, 1.165) is 32.9 Å². The fourth-order valence-corrected chi connectivity index (χ4v) is 3.94. The minimum absolute atomic E-state index is 0.135. The summed E-state index contributed by atoms with van der Waals surface area (Å²) in [4.78, 5) is 16.3. The summed E-state index contributed by atoms with van der Waals surface area (Å²) in [6.45, 7) is 4.09. The average Bonchev–Trinajstić information content (AvgIpc) is 3.02. The maximum Gasteiger partial charge on any atom is 0.262 e. The number of rotatable bonds is 3. The molecule has 2 aromatic carbocycles. The van der Waals surface area contributed by atoms with Gasteiger partial charge in [0.1, 0.15) is 5.82 Å². The normalized spacial score (nSPS) is 11.7. The van der Waals surface area contributed by atoms with Crippen molar-refractivity contribution >= 4 is 33.6 Å². The van der Waals surface area contributed by atoms with Crippen LogP contribution in [0.4, 0.5) is 4.39 Å². The zero-order chi connectivity index (χ0) is 17.6. The SMILES string of the molecule is CC(C)Sc1c(-c2ccc(F)cc2)c2cc3cn[nH]c3cc2[nH]c1=O. The molecule has 0 unspecified atom stereocenters. The Hall–Kier alpha value is -2.60. The molecule has 0 bridgehead atoms. The molecule has 4 rings (SSSR count). The van der Waals surface area contributed by atoms with Gasteiger partial charge in [0.05, 0.1) is 22.1 Å². The number of pyridine rings is 1. The number of H-pyrrole nitrogens is 2. The molecule has 0 aliphatic heterocycles. The van der Waals surface area contributed by atoms with E-state index in [1.54, 1.807) is 18.3 Å². The summed E-state index contributed by atoms with van der Waals surface area (Å²) in [5, 5.41) is 9.10. The van der Waals surface area contributed by atoms with Gasteiger partial charge in [-0.2, -0.15) is 5.10 Å². The third-order valence-electron chi connectivity index (χ3n) is 4.02. The van der Waals surface area contributed by atoms with Crippen LogP contribution in [0.1, 0.15) is 13.8 Å². The summed E-state index contributed by atoms with van der Waals surface area (Å²) in [6, 6.07) is 10.2. The molecule has 2 aromatic heterocycles. The third-order valence-corrected chi connectivity index (χ3v) is 5.11. The molecular formula is C19H16FN3OS. The predicted octanol–water partition coefficient (Wildman–Crippen LogP) is 4.71. The molecule has 25 heavy (non-hydrogen) atoms. The monoisotopic (exact) mass is 353 g/mol. The summed E-state index contributed by atoms with van der Waals surface area (Å²) >= 11 is 1.51. The number of fused-ring (bicyclic) bond motifs is 2. The van der Waals surface area contributed by atoms with Crippen LogP contribution in [0.25, 0.3) is 32.9 Å². The standard InChI is InChI=1S/C19H16FN3OS/c1-10(2)25-18-17(11-3-5-13(20)6-4-11)14-7-12-9-21-23-15(12)8-16(14)22-19(18)24/h3-10H,1-2H3,(H,21,23)(H,22,24). The van der Waals surface area contributed by atoms with Gasteiger partial charge in [0.15, 0.2) is 0 Å². The number of hydrogen-bond acceptors (Lipinski definition) is 3. The van der Waals surface area contributed by atoms with E-state index in [0.29, 0.717) is 4.90 Å². The Kier molecular flexibility index (Phi) is 3.84. The van der Waals surface area contributed by atoms with Crippen molar-refractivity contribution in [2.75, 3.05) is 0 Å². The van der Waals surface area contributed by atoms with E-state index in [1.807, 2.05) is 26.0 Å². The molecular weight excluding hydrogens is 337 g/mol. The number of halogens is 1. The van der Waals surface area contributed by atoms with E-state index in [-0.39, 0.29) is 16.6 Å². The van der Waals surface area contributed by atoms with E-state index in [4.69, 9.17) is 0 Å². The third kappa shape index (κ3) is 2.82. The average molecular weight is 353 g/mol. The van der Waals surface area contributed by atoms with Gasteiger partial charge in [-0.1, -0.05) is 26.0 Å². The molecule has 0 fully saturated rings. The molecule has 0 atom stereocenters. The fourth-order valence-electron chi connectivity index (χ4n) is 2.97. The lowest BCUT2D eigenvalue weighted by atomic mass is 10.00. The number of thioether (sulfide) groups is 1. The second-order valence-electron chi connectivity index (χ2n) is 6.19. The molecule has 126 valence electrons. The lowest BCUT2D eigenvalue weighted by Crippen LogP contribution is -2.12. The van der Waals surface area contributed by atoms with Crippen LogP contribution < -0.4 is 5.56 Å². The number of aromatic amines is 2. The number of benzene rings is 2. The Labute approximate surface area is 147 Å². The molecule has 0 radical (unpaired) electrons. The van der Waals surface area contributed by atoms with Crippen LogP contribution in [-0.4, -0.2) is 20.4 Å². The van der Waals surface area contributed by atoms with E-state index < -0.39 is 0 Å². The Morgan fingerprint density at radius 1 is 1.12 bits per heavy atom. The van der Waals surface area contributed by atoms with E-state index in [9.17, 15) is 9.18 Å². The van der Waals surface area contributed by atoms with Gasteiger partial charge in [0.2, 0.25) is 0 Å². The molecule has 6 heteroatoms. The van der Waals surface area contributed by atoms with E-state index in [1.165, 1.54) is 23.9 Å². The summed E-state index contributed by atoms with van der Waals surface area (Å²) in [5.74, 6) is -0.298. The van der Waals surface area contributed by atoms with Gasteiger partial charge < -0.3 is 4.98 Å². The Bertz CT molecular complexity index is 1130. The van der Waals surface area contributed by atoms with Crippen LogP contribution in [0.15, 0.2) is 52.3 Å². The molecule has 4 nitrogen and oxygen atoms in total. The van der Waals surface area contributed by atoms with Crippen LogP contribution in [-0.2, 0) is 0 Å². The molecule has 0 amide bonds. The topological polar surface area (TPSA) is 61.5 Å². The van der Waals surface area contributed by atoms with Crippen molar-refractivity contribution in [3.63, 3.8) is 0 Å². The molecule has 2 N–H and O–H groups in total. The first-order valence-electron chi connectivity index (χ1n) is 7.98. The Balaban J connectivity index is 2.12. The smallest absolute Gasteiger partial charge is 0.262 e. The largest absolute Gasteiger partial charge is 0.321 e. The van der Waals surface area contributed by atoms with E-state index in [2.05, 4.69) is 15.2 Å². The van der Waals surface area contributed by atoms with Crippen LogP contribution in [0, 0.1) is 5.82 Å². The summed E-state index contributed by atoms with van der Waals surface area (Å²) in [6.07, 6.45) is 1.75. The molecule has 2 heterocycles. The summed E-state index contributed by atoms with van der Waals surface area (Å²) in [7, 11) is 0. The Morgan fingerprint density at radius 3 is 2.60 bits per heavy atom. The van der Waals surface area contributed by atoms with Crippen molar-refractivity contribution in [2.45, 2.75) is 24.0 Å². The minimum atomic E-state index is -0.298. The first-order chi connectivity index (χ1) is 12.0. The maximum absolute atomic E-state index is 13.4. The van der Waals surface area contributed by atoms with Crippen molar-refractivity contribution in [3.05, 3.63) is 58.8 Å². The highest BCUT2D eigenvalue weighted by Crippen LogP contribution is 2.37. The molecule has 0 spiro atoms. The molecule has 0 saturated carbocycles. The predicted molar refractivity (Wildman–Crippen MR) is 101 cm³/mol. The number of hydrogen-bond donors (Lipinski definition) is 2. The zero-order valence-electron chi connectivity index (χ0n) is 13.8. The first-order valence-corrected chi connectivity index (χ1v) is 8.86. The highest BCUT2D eigenvalue weighted by Gasteiger charge is 2.17. The molecule has 4 aromatic rings. The molecule has 0 saturated heterocycles. The second kappa shape index (κ2) is 6.04. The fraction of sp³-hybridized carbons (Fsp3) is 0.158. The van der Waals surface area contributed by atoms with Gasteiger partial charge in [-0.3, -0.25) is 9.89 Å². The first kappa shape index (κ1) is 15.9. The Morgan fingerprint density at radius 2 is 1.88 bits per heavy atom. The highest BCUT2D eigenvalue weighted by molar-refractivity contribution is 8.00. The van der Waals surface area contributed by atoms with Crippen molar-refractivity contribution in [2.24, 2.45) is 0 Å². The lowest BCUT2D eigenvalue weighted by Gasteiger charge is -2.14. The quantitative estimate of drug-likeness (QED) is 0.524. The van der Waals surface area contributed by atoms with E-state index >= 15 is 0 Å². The van der Waals surface area contributed by atoms with Gasteiger partial charge in [-0.25, -0.2) is 4.39 Å². The molecule has 0 aliphatic rings. The van der Waals surface area contributed by atoms with Crippen LogP contribution in [0.3, 0.4) is 0 Å². The number of nitrogens with one attached hydrogen (secondary N) is 2. The van der Waals surface area contributed by atoms with Gasteiger partial charge in [-0.05, 0) is 29.8 Å². The highest BCUT2D eigenvalue weighted by atomic mass is 32.2. The van der Waals surface area contributed by atoms with Gasteiger partial charge in [-0.15, -0.1) is 11.8 Å². The van der Waals surface area contributed by atoms with Crippen molar-refractivity contribution in [1.29, 1.82) is 0 Å². The second-order valence-corrected chi connectivity index (χ2v) is 7.77. The van der Waals surface area contributed by atoms with Gasteiger partial charge in [0.25, 0.3) is 5.56 Å². The maximum atomic E-state index is 13.4. The van der Waals surface area contributed by atoms with Crippen LogP contribution in [0.5, 0.6) is 0 Å². The van der Waals surface area contributed by atoms with Crippen molar-refractivity contribution < 1.29 is 4.39 Å². The van der Waals surface area contributed by atoms with Crippen LogP contribution in [0.2, 0.25) is 0 Å². The minimum Gasteiger partial charge on any atom is -0.321 e. The summed E-state index contributed by atoms with van der Waals surface area (Å²) in [5.41, 5.74) is 3.11. The van der Waals surface area contributed by atoms with Gasteiger partial charge >= 0.3 is 0 Å². The summed E-state index contributed by atoms with van der Waals surface area (Å²) < 4.78 is 13.4. The van der Waals surface area contributed by atoms with Gasteiger partial charge in [0, 0.05) is 21.6 Å². The van der Waals surface area contributed by atoms with Crippen LogP contribution >= 0.6 is 11.8 Å². The molecule has 0 aliphatic carbocycles. The van der Waals surface area contributed by atoms with Crippen molar-refractivity contribution in [1.82, 2.24) is 15.2 Å². The number of nitrogens with zero attached hydrogens (tertiary/aromatic N) is 1.